The molecule has 8 N–H and O–H groups in total. The summed E-state index contributed by atoms with van der Waals surface area (Å²) < 4.78 is 14.0. The zero-order valence-electron chi connectivity index (χ0n) is 19.5. The number of nitrogens with two attached hydrogens (primary N) is 3. The van der Waals surface area contributed by atoms with E-state index >= 15 is 0 Å². The number of nitrogens with one attached hydrogen (secondary N) is 1. The molecule has 2 aromatic rings. The van der Waals surface area contributed by atoms with Crippen molar-refractivity contribution in [2.24, 2.45) is 35.7 Å². The SMILES string of the molecule is CN(N)/C(=N\N)C1(O)CC2CC(c3nn(C)c(N)c3C=O)CC2C1.CNc1ccc(F)c(Cl)c1. The predicted octanol–water partition coefficient (Wildman–Crippen LogP) is 2.05. The molecule has 186 valence electrons. The van der Waals surface area contributed by atoms with Crippen molar-refractivity contribution >= 4 is 35.2 Å². The van der Waals surface area contributed by atoms with Crippen molar-refractivity contribution in [2.75, 3.05) is 25.1 Å². The third-order valence-corrected chi connectivity index (χ3v) is 7.07. The standard InChI is InChI=1S/C15H25N7O2.C7H7ClFN/c1-21(18)14(19-17)15(24)5-9-3-8(4-10(9)6-15)12-11(7-23)13(16)22(2)20-12;1-10-5-2-3-7(9)6(8)4-5/h7-10,24H,3-6,16-18H2,1-2H3;2-4,10H,1H3/b19-14-;. The Morgan fingerprint density at radius 1 is 1.41 bits per heavy atom. The molecule has 2 atom stereocenters. The average Bonchev–Trinajstić information content (AvgIpc) is 3.40. The van der Waals surface area contributed by atoms with E-state index in [1.807, 2.05) is 0 Å². The van der Waals surface area contributed by atoms with E-state index in [9.17, 15) is 14.3 Å². The maximum atomic E-state index is 12.5. The maximum Gasteiger partial charge on any atom is 0.170 e. The zero-order valence-corrected chi connectivity index (χ0v) is 20.3. The number of aldehydes is 1. The summed E-state index contributed by atoms with van der Waals surface area (Å²) in [6.45, 7) is 0. The van der Waals surface area contributed by atoms with Gasteiger partial charge in [0.25, 0.3) is 0 Å². The van der Waals surface area contributed by atoms with Crippen LogP contribution in [0.4, 0.5) is 15.9 Å². The van der Waals surface area contributed by atoms with E-state index in [0.717, 1.165) is 30.5 Å². The van der Waals surface area contributed by atoms with Crippen LogP contribution >= 0.6 is 11.6 Å². The van der Waals surface area contributed by atoms with E-state index in [0.29, 0.717) is 41.9 Å². The molecule has 0 saturated heterocycles. The van der Waals surface area contributed by atoms with Gasteiger partial charge in [-0.2, -0.15) is 10.2 Å². The van der Waals surface area contributed by atoms with E-state index in [2.05, 4.69) is 15.5 Å². The summed E-state index contributed by atoms with van der Waals surface area (Å²) in [5.41, 5.74) is 6.89. The number of rotatable bonds is 4. The molecule has 12 heteroatoms. The van der Waals surface area contributed by atoms with Gasteiger partial charge in [-0.1, -0.05) is 11.6 Å². The summed E-state index contributed by atoms with van der Waals surface area (Å²) >= 11 is 5.48. The summed E-state index contributed by atoms with van der Waals surface area (Å²) in [6, 6.07) is 4.49. The van der Waals surface area contributed by atoms with Crippen LogP contribution in [-0.2, 0) is 7.05 Å². The Kier molecular flexibility index (Phi) is 7.69. The highest BCUT2D eigenvalue weighted by atomic mass is 35.5. The topological polar surface area (TPSA) is 161 Å². The Morgan fingerprint density at radius 2 is 2.03 bits per heavy atom. The first-order valence-electron chi connectivity index (χ1n) is 10.9. The molecule has 2 unspecified atom stereocenters. The van der Waals surface area contributed by atoms with Crippen molar-refractivity contribution in [3.8, 4) is 0 Å². The fourth-order valence-corrected chi connectivity index (χ4v) is 5.44. The number of nitrogens with zero attached hydrogens (tertiary/aromatic N) is 4. The zero-order chi connectivity index (χ0) is 25.2. The molecular weight excluding hydrogens is 463 g/mol. The number of carbonyl (C=O) groups is 1. The van der Waals surface area contributed by atoms with Gasteiger partial charge in [-0.3, -0.25) is 14.5 Å². The van der Waals surface area contributed by atoms with Crippen molar-refractivity contribution in [3.63, 3.8) is 0 Å². The minimum atomic E-state index is -1.09. The number of halogens is 2. The number of aliphatic hydroxyl groups is 1. The normalized spacial score (nSPS) is 26.0. The van der Waals surface area contributed by atoms with Gasteiger partial charge < -0.3 is 22.0 Å². The molecule has 10 nitrogen and oxygen atoms in total. The number of likely N-dealkylation sites (N-methyl/N-ethyl adjacent to an activating group) is 1. The van der Waals surface area contributed by atoms with Crippen LogP contribution in [0, 0.1) is 17.7 Å². The Bertz CT molecular complexity index is 1060. The minimum absolute atomic E-state index is 0.145. The van der Waals surface area contributed by atoms with Gasteiger partial charge in [-0.15, -0.1) is 0 Å². The molecule has 0 bridgehead atoms. The Morgan fingerprint density at radius 3 is 2.50 bits per heavy atom. The lowest BCUT2D eigenvalue weighted by atomic mass is 9.91. The summed E-state index contributed by atoms with van der Waals surface area (Å²) in [7, 11) is 5.11. The third-order valence-electron chi connectivity index (χ3n) is 6.78. The number of anilines is 2. The molecule has 2 fully saturated rings. The molecule has 1 aromatic carbocycles. The number of benzene rings is 1. The van der Waals surface area contributed by atoms with E-state index in [1.54, 1.807) is 31.9 Å². The Labute approximate surface area is 202 Å². The van der Waals surface area contributed by atoms with Crippen LogP contribution in [0.3, 0.4) is 0 Å². The number of hydrogen-bond donors (Lipinski definition) is 5. The molecule has 0 spiro atoms. The number of aromatic nitrogens is 2. The molecule has 1 aromatic heterocycles. The highest BCUT2D eigenvalue weighted by Crippen LogP contribution is 2.54. The number of amidine groups is 1. The van der Waals surface area contributed by atoms with Gasteiger partial charge in [-0.05, 0) is 55.7 Å². The molecule has 34 heavy (non-hydrogen) atoms. The van der Waals surface area contributed by atoms with Crippen molar-refractivity contribution in [1.29, 1.82) is 0 Å². The summed E-state index contributed by atoms with van der Waals surface area (Å²) in [4.78, 5) is 11.3. The molecule has 4 rings (SSSR count). The number of hydrogen-bond acceptors (Lipinski definition) is 8. The molecule has 1 heterocycles. The number of aryl methyl sites for hydroxylation is 1. The molecule has 2 saturated carbocycles. The second-order valence-electron chi connectivity index (χ2n) is 9.00. The van der Waals surface area contributed by atoms with Gasteiger partial charge in [0, 0.05) is 32.7 Å². The van der Waals surface area contributed by atoms with E-state index in [4.69, 9.17) is 29.0 Å². The lowest BCUT2D eigenvalue weighted by molar-refractivity contribution is 0.0952. The number of hydrazine groups is 1. The average molecular weight is 495 g/mol. The predicted molar refractivity (Wildman–Crippen MR) is 131 cm³/mol. The highest BCUT2D eigenvalue weighted by Gasteiger charge is 2.52. The molecule has 2 aliphatic carbocycles. The van der Waals surface area contributed by atoms with Gasteiger partial charge in [0.2, 0.25) is 0 Å². The van der Waals surface area contributed by atoms with Crippen LogP contribution in [0.5, 0.6) is 0 Å². The van der Waals surface area contributed by atoms with E-state index in [-0.39, 0.29) is 16.8 Å². The monoisotopic (exact) mass is 494 g/mol. The molecule has 0 amide bonds. The van der Waals surface area contributed by atoms with Gasteiger partial charge in [-0.25, -0.2) is 10.2 Å². The van der Waals surface area contributed by atoms with Crippen molar-refractivity contribution in [2.45, 2.75) is 37.2 Å². The van der Waals surface area contributed by atoms with E-state index < -0.39 is 5.60 Å². The van der Waals surface area contributed by atoms with Crippen molar-refractivity contribution < 1.29 is 14.3 Å². The van der Waals surface area contributed by atoms with Crippen LogP contribution in [-0.4, -0.2) is 51.7 Å². The second kappa shape index (κ2) is 10.2. The summed E-state index contributed by atoms with van der Waals surface area (Å²) in [5, 5.41) is 23.3. The number of carbonyl (C=O) groups excluding carboxylic acids is 1. The molecule has 2 aliphatic rings. The summed E-state index contributed by atoms with van der Waals surface area (Å²) in [6.07, 6.45) is 3.62. The van der Waals surface area contributed by atoms with Crippen LogP contribution in [0.25, 0.3) is 0 Å². The maximum absolute atomic E-state index is 12.5. The Hall–Kier alpha value is -2.89. The summed E-state index contributed by atoms with van der Waals surface area (Å²) in [5.74, 6) is 12.3. The van der Waals surface area contributed by atoms with Gasteiger partial charge in [0.1, 0.15) is 17.2 Å². The van der Waals surface area contributed by atoms with E-state index in [1.165, 1.54) is 17.1 Å². The van der Waals surface area contributed by atoms with Crippen LogP contribution in [0.15, 0.2) is 23.3 Å². The van der Waals surface area contributed by atoms with Crippen molar-refractivity contribution in [1.82, 2.24) is 14.8 Å². The van der Waals surface area contributed by atoms with Gasteiger partial charge >= 0.3 is 0 Å². The first-order valence-corrected chi connectivity index (χ1v) is 11.3. The quantitative estimate of drug-likeness (QED) is 0.142. The van der Waals surface area contributed by atoms with Crippen LogP contribution < -0.4 is 22.7 Å². The highest BCUT2D eigenvalue weighted by molar-refractivity contribution is 6.31. The van der Waals surface area contributed by atoms with Crippen molar-refractivity contribution in [3.05, 3.63) is 40.3 Å². The molecule has 0 radical (unpaired) electrons. The number of nitrogen functional groups attached to an aromatic ring is 1. The molecular formula is C22H32ClFN8O2. The molecule has 0 aliphatic heterocycles. The number of fused-ring (bicyclic) bond motifs is 1. The third kappa shape index (κ3) is 4.96. The number of hydrazone groups is 1. The Balaban J connectivity index is 0.000000271. The van der Waals surface area contributed by atoms with Gasteiger partial charge in [0.05, 0.1) is 16.3 Å². The minimum Gasteiger partial charge on any atom is -0.388 e. The fraction of sp³-hybridized carbons (Fsp3) is 0.500. The van der Waals surface area contributed by atoms with Crippen LogP contribution in [0.1, 0.15) is 47.7 Å². The smallest absolute Gasteiger partial charge is 0.170 e. The lowest BCUT2D eigenvalue weighted by Crippen LogP contribution is -2.50. The second-order valence-corrected chi connectivity index (χ2v) is 9.40. The first kappa shape index (κ1) is 25.7. The van der Waals surface area contributed by atoms with Crippen LogP contribution in [0.2, 0.25) is 5.02 Å². The lowest BCUT2D eigenvalue weighted by Gasteiger charge is -2.29. The largest absolute Gasteiger partial charge is 0.388 e. The fourth-order valence-electron chi connectivity index (χ4n) is 5.26. The first-order chi connectivity index (χ1) is 16.0. The van der Waals surface area contributed by atoms with Gasteiger partial charge in [0.15, 0.2) is 12.1 Å².